The number of hydrogen-bond acceptors (Lipinski definition) is 1. The molecule has 4 heteroatoms. The summed E-state index contributed by atoms with van der Waals surface area (Å²) < 4.78 is 0.897. The third-order valence-corrected chi connectivity index (χ3v) is 4.68. The van der Waals surface area contributed by atoms with Gasteiger partial charge in [0, 0.05) is 16.1 Å². The summed E-state index contributed by atoms with van der Waals surface area (Å²) in [6, 6.07) is 3.87. The molecule has 0 saturated carbocycles. The van der Waals surface area contributed by atoms with Crippen LogP contribution in [0.15, 0.2) is 22.8 Å². The van der Waals surface area contributed by atoms with Gasteiger partial charge in [0.15, 0.2) is 0 Å². The van der Waals surface area contributed by atoms with Crippen molar-refractivity contribution in [3.8, 4) is 0 Å². The quantitative estimate of drug-likeness (QED) is 0.683. The molecule has 22 heavy (non-hydrogen) atoms. The van der Waals surface area contributed by atoms with E-state index in [1.807, 2.05) is 0 Å². The summed E-state index contributed by atoms with van der Waals surface area (Å²) in [6.07, 6.45) is 6.78. The van der Waals surface area contributed by atoms with Crippen molar-refractivity contribution in [3.05, 3.63) is 33.9 Å². The van der Waals surface area contributed by atoms with Gasteiger partial charge >= 0.3 is 0 Å². The Morgan fingerprint density at radius 1 is 1.27 bits per heavy atom. The van der Waals surface area contributed by atoms with Crippen molar-refractivity contribution < 1.29 is 4.79 Å². The Bertz CT molecular complexity index is 660. The zero-order valence-corrected chi connectivity index (χ0v) is 15.2. The minimum atomic E-state index is -0.395. The summed E-state index contributed by atoms with van der Waals surface area (Å²) in [7, 11) is 0. The number of aromatic nitrogens is 1. The lowest BCUT2D eigenvalue weighted by Crippen LogP contribution is -2.11. The van der Waals surface area contributed by atoms with Crippen LogP contribution in [-0.2, 0) is 0 Å². The van der Waals surface area contributed by atoms with Gasteiger partial charge in [0.25, 0.3) is 5.91 Å². The number of amides is 1. The first-order valence-corrected chi connectivity index (χ1v) is 8.83. The van der Waals surface area contributed by atoms with Crippen molar-refractivity contribution in [3.63, 3.8) is 0 Å². The summed E-state index contributed by atoms with van der Waals surface area (Å²) in [4.78, 5) is 14.9. The maximum absolute atomic E-state index is 11.7. The topological polar surface area (TPSA) is 58.9 Å². The van der Waals surface area contributed by atoms with Crippen molar-refractivity contribution in [1.29, 1.82) is 0 Å². The Kier molecular flexibility index (Phi) is 5.68. The number of carbonyl (C=O) groups excluding carboxylic acids is 1. The van der Waals surface area contributed by atoms with Gasteiger partial charge in [-0.3, -0.25) is 4.79 Å². The first-order valence-electron chi connectivity index (χ1n) is 8.04. The SMILES string of the molecule is CCCC(CCC(C)C)c1c[nH]c2c(C(N)=O)cc(Br)cc12. The Hall–Kier alpha value is -1.29. The average Bonchev–Trinajstić information content (AvgIpc) is 2.85. The van der Waals surface area contributed by atoms with Gasteiger partial charge in [-0.25, -0.2) is 0 Å². The van der Waals surface area contributed by atoms with Crippen LogP contribution < -0.4 is 5.73 Å². The highest BCUT2D eigenvalue weighted by molar-refractivity contribution is 9.10. The number of nitrogens with two attached hydrogens (primary N) is 1. The fourth-order valence-electron chi connectivity index (χ4n) is 3.09. The molecule has 3 nitrogen and oxygen atoms in total. The smallest absolute Gasteiger partial charge is 0.250 e. The van der Waals surface area contributed by atoms with Crippen molar-refractivity contribution >= 4 is 32.7 Å². The van der Waals surface area contributed by atoms with E-state index in [1.165, 1.54) is 18.4 Å². The van der Waals surface area contributed by atoms with E-state index in [2.05, 4.69) is 53.9 Å². The number of aromatic amines is 1. The molecule has 0 aliphatic rings. The maximum Gasteiger partial charge on any atom is 0.250 e. The minimum absolute atomic E-state index is 0.395. The Balaban J connectivity index is 2.47. The number of hydrogen-bond donors (Lipinski definition) is 2. The largest absolute Gasteiger partial charge is 0.366 e. The van der Waals surface area contributed by atoms with E-state index in [0.717, 1.165) is 28.2 Å². The third kappa shape index (κ3) is 3.72. The van der Waals surface area contributed by atoms with Crippen LogP contribution in [0.4, 0.5) is 0 Å². The average molecular weight is 365 g/mol. The predicted octanol–water partition coefficient (Wildman–Crippen LogP) is 5.35. The highest BCUT2D eigenvalue weighted by Crippen LogP contribution is 2.35. The molecule has 1 aromatic heterocycles. The highest BCUT2D eigenvalue weighted by atomic mass is 79.9. The van der Waals surface area contributed by atoms with E-state index in [0.29, 0.717) is 17.4 Å². The van der Waals surface area contributed by atoms with Crippen LogP contribution in [0.25, 0.3) is 10.9 Å². The van der Waals surface area contributed by atoms with Crippen LogP contribution in [0.3, 0.4) is 0 Å². The number of H-pyrrole nitrogens is 1. The molecule has 1 atom stereocenters. The molecule has 2 rings (SSSR count). The fourth-order valence-corrected chi connectivity index (χ4v) is 3.55. The molecule has 0 fully saturated rings. The van der Waals surface area contributed by atoms with Crippen LogP contribution in [0.1, 0.15) is 68.3 Å². The van der Waals surface area contributed by atoms with E-state index in [4.69, 9.17) is 5.73 Å². The monoisotopic (exact) mass is 364 g/mol. The van der Waals surface area contributed by atoms with Gasteiger partial charge in [-0.2, -0.15) is 0 Å². The zero-order chi connectivity index (χ0) is 16.3. The van der Waals surface area contributed by atoms with Crippen molar-refractivity contribution in [2.45, 2.75) is 52.4 Å². The van der Waals surface area contributed by atoms with Gasteiger partial charge in [-0.05, 0) is 42.4 Å². The van der Waals surface area contributed by atoms with Gasteiger partial charge in [0.2, 0.25) is 0 Å². The standard InChI is InChI=1S/C18H25BrN2O/c1-4-5-12(7-6-11(2)3)16-10-21-17-14(16)8-13(19)9-15(17)18(20)22/h8-12,21H,4-7H2,1-3H3,(H2,20,22). The number of rotatable bonds is 7. The van der Waals surface area contributed by atoms with Gasteiger partial charge in [0.1, 0.15) is 0 Å². The van der Waals surface area contributed by atoms with Gasteiger partial charge < -0.3 is 10.7 Å². The first-order chi connectivity index (χ1) is 10.4. The Morgan fingerprint density at radius 3 is 2.59 bits per heavy atom. The number of halogens is 1. The summed E-state index contributed by atoms with van der Waals surface area (Å²) in [5, 5.41) is 1.12. The fraction of sp³-hybridized carbons (Fsp3) is 0.500. The normalized spacial score (nSPS) is 13.0. The zero-order valence-electron chi connectivity index (χ0n) is 13.6. The van der Waals surface area contributed by atoms with Crippen molar-refractivity contribution in [2.24, 2.45) is 11.7 Å². The second kappa shape index (κ2) is 7.32. The molecule has 0 saturated heterocycles. The van der Waals surface area contributed by atoms with Crippen LogP contribution in [-0.4, -0.2) is 10.9 Å². The summed E-state index contributed by atoms with van der Waals surface area (Å²) in [5.41, 5.74) is 8.23. The molecule has 2 aromatic rings. The lowest BCUT2D eigenvalue weighted by Gasteiger charge is -2.17. The molecule has 3 N–H and O–H groups in total. The summed E-state index contributed by atoms with van der Waals surface area (Å²) >= 11 is 3.50. The van der Waals surface area contributed by atoms with Gasteiger partial charge in [-0.1, -0.05) is 49.5 Å². The molecule has 1 amide bonds. The third-order valence-electron chi connectivity index (χ3n) is 4.22. The first kappa shape index (κ1) is 17.1. The molecule has 1 heterocycles. The van der Waals surface area contributed by atoms with Crippen LogP contribution in [0.2, 0.25) is 0 Å². The van der Waals surface area contributed by atoms with E-state index >= 15 is 0 Å². The molecule has 120 valence electrons. The molecule has 0 spiro atoms. The number of benzene rings is 1. The van der Waals surface area contributed by atoms with Crippen molar-refractivity contribution in [2.75, 3.05) is 0 Å². The Morgan fingerprint density at radius 2 is 2.00 bits per heavy atom. The highest BCUT2D eigenvalue weighted by Gasteiger charge is 2.19. The summed E-state index contributed by atoms with van der Waals surface area (Å²) in [5.74, 6) is 0.836. The molecule has 1 unspecified atom stereocenters. The minimum Gasteiger partial charge on any atom is -0.366 e. The lowest BCUT2D eigenvalue weighted by molar-refractivity contribution is 0.100. The molecule has 0 radical (unpaired) electrons. The van der Waals surface area contributed by atoms with E-state index in [1.54, 1.807) is 6.07 Å². The predicted molar refractivity (Wildman–Crippen MR) is 96.2 cm³/mol. The molecular formula is C18H25BrN2O. The number of primary amides is 1. The second-order valence-electron chi connectivity index (χ2n) is 6.44. The summed E-state index contributed by atoms with van der Waals surface area (Å²) in [6.45, 7) is 6.75. The van der Waals surface area contributed by atoms with Crippen LogP contribution in [0.5, 0.6) is 0 Å². The number of nitrogens with one attached hydrogen (secondary N) is 1. The van der Waals surface area contributed by atoms with Gasteiger partial charge in [0.05, 0.1) is 11.1 Å². The molecule has 0 aliphatic carbocycles. The molecule has 0 bridgehead atoms. The lowest BCUT2D eigenvalue weighted by atomic mass is 9.87. The number of fused-ring (bicyclic) bond motifs is 1. The van der Waals surface area contributed by atoms with Gasteiger partial charge in [-0.15, -0.1) is 0 Å². The molecular weight excluding hydrogens is 340 g/mol. The van der Waals surface area contributed by atoms with Crippen LogP contribution in [0, 0.1) is 5.92 Å². The van der Waals surface area contributed by atoms with Crippen LogP contribution >= 0.6 is 15.9 Å². The van der Waals surface area contributed by atoms with E-state index in [9.17, 15) is 4.79 Å². The van der Waals surface area contributed by atoms with Crippen molar-refractivity contribution in [1.82, 2.24) is 4.98 Å². The number of carbonyl (C=O) groups is 1. The molecule has 1 aromatic carbocycles. The Labute approximate surface area is 140 Å². The van der Waals surface area contributed by atoms with E-state index < -0.39 is 5.91 Å². The second-order valence-corrected chi connectivity index (χ2v) is 7.36. The maximum atomic E-state index is 11.7. The van der Waals surface area contributed by atoms with E-state index in [-0.39, 0.29) is 0 Å². The molecule has 0 aliphatic heterocycles.